The molecule has 0 fully saturated rings. The molecule has 4 rings (SSSR count). The Labute approximate surface area is 163 Å². The lowest BCUT2D eigenvalue weighted by Gasteiger charge is -2.22. The maximum atomic E-state index is 12.8. The summed E-state index contributed by atoms with van der Waals surface area (Å²) in [6, 6.07) is 12.0. The zero-order chi connectivity index (χ0) is 19.0. The van der Waals surface area contributed by atoms with Crippen molar-refractivity contribution in [3.05, 3.63) is 58.1 Å². The number of aryl methyl sites for hydroxylation is 1. The number of nitrogen functional groups attached to an aromatic ring is 1. The number of fused-ring (bicyclic) bond motifs is 2. The van der Waals surface area contributed by atoms with E-state index in [-0.39, 0.29) is 11.9 Å². The fourth-order valence-electron chi connectivity index (χ4n) is 3.87. The second-order valence-electron chi connectivity index (χ2n) is 7.41. The van der Waals surface area contributed by atoms with Crippen molar-refractivity contribution in [2.24, 2.45) is 5.92 Å². The average molecular weight is 380 g/mol. The van der Waals surface area contributed by atoms with Gasteiger partial charge in [-0.2, -0.15) is 0 Å². The third kappa shape index (κ3) is 3.44. The highest BCUT2D eigenvalue weighted by Gasteiger charge is 2.23. The lowest BCUT2D eigenvalue weighted by atomic mass is 9.85. The molecule has 2 aromatic heterocycles. The summed E-state index contributed by atoms with van der Waals surface area (Å²) in [6.45, 7) is 4.23. The number of rotatable bonds is 4. The fraction of sp³-hybridized carbons (Fsp3) is 0.364. The third-order valence-electron chi connectivity index (χ3n) is 5.62. The van der Waals surface area contributed by atoms with Crippen LogP contribution < -0.4 is 11.1 Å². The van der Waals surface area contributed by atoms with Crippen LogP contribution in [-0.2, 0) is 12.8 Å². The van der Waals surface area contributed by atoms with Gasteiger partial charge in [-0.25, -0.2) is 4.98 Å². The first-order chi connectivity index (χ1) is 13.1. The molecule has 2 heterocycles. The van der Waals surface area contributed by atoms with Crippen molar-refractivity contribution >= 4 is 33.1 Å². The average Bonchev–Trinajstić information content (AvgIpc) is 3.02. The lowest BCUT2D eigenvalue weighted by molar-refractivity contribution is 0.0945. The molecule has 1 amide bonds. The van der Waals surface area contributed by atoms with Crippen molar-refractivity contribution in [1.29, 1.82) is 0 Å². The zero-order valence-electron chi connectivity index (χ0n) is 15.8. The maximum absolute atomic E-state index is 12.8. The van der Waals surface area contributed by atoms with E-state index in [9.17, 15) is 4.79 Å². The quantitative estimate of drug-likeness (QED) is 0.678. The predicted molar refractivity (Wildman–Crippen MR) is 112 cm³/mol. The van der Waals surface area contributed by atoms with Crippen LogP contribution in [0.1, 0.15) is 59.2 Å². The van der Waals surface area contributed by atoms with Gasteiger partial charge in [-0.3, -0.25) is 4.79 Å². The molecule has 3 aromatic rings. The van der Waals surface area contributed by atoms with Gasteiger partial charge in [0.15, 0.2) is 0 Å². The highest BCUT2D eigenvalue weighted by molar-refractivity contribution is 7.21. The topological polar surface area (TPSA) is 68.0 Å². The lowest BCUT2D eigenvalue weighted by Crippen LogP contribution is -2.26. The molecule has 0 saturated heterocycles. The summed E-state index contributed by atoms with van der Waals surface area (Å²) in [7, 11) is 0. The number of amides is 1. The Kier molecular flexibility index (Phi) is 4.87. The number of nitrogens with two attached hydrogens (primary N) is 1. The van der Waals surface area contributed by atoms with Gasteiger partial charge in [0.25, 0.3) is 5.91 Å². The number of hydrogen-bond acceptors (Lipinski definition) is 4. The van der Waals surface area contributed by atoms with E-state index in [0.29, 0.717) is 10.6 Å². The summed E-state index contributed by atoms with van der Waals surface area (Å²) in [5.74, 6) is 0.599. The SMILES string of the molecule is CC[C@@H]1CCc2nc3sc(C(=O)N[C@H](C)c4ccccc4)c(N)c3cc2C1. The number of benzene rings is 1. The zero-order valence-corrected chi connectivity index (χ0v) is 16.6. The summed E-state index contributed by atoms with van der Waals surface area (Å²) in [5, 5.41) is 3.99. The van der Waals surface area contributed by atoms with Crippen molar-refractivity contribution in [3.63, 3.8) is 0 Å². The van der Waals surface area contributed by atoms with E-state index < -0.39 is 0 Å². The van der Waals surface area contributed by atoms with E-state index in [1.165, 1.54) is 35.4 Å². The van der Waals surface area contributed by atoms with Gasteiger partial charge in [-0.05, 0) is 49.3 Å². The van der Waals surface area contributed by atoms with E-state index in [2.05, 4.69) is 18.3 Å². The van der Waals surface area contributed by atoms with Gasteiger partial charge in [0, 0.05) is 11.1 Å². The van der Waals surface area contributed by atoms with Crippen LogP contribution in [0.2, 0.25) is 0 Å². The maximum Gasteiger partial charge on any atom is 0.264 e. The van der Waals surface area contributed by atoms with E-state index in [1.807, 2.05) is 37.3 Å². The molecular weight excluding hydrogens is 354 g/mol. The predicted octanol–water partition coefficient (Wildman–Crippen LogP) is 4.88. The van der Waals surface area contributed by atoms with Crippen molar-refractivity contribution in [2.75, 3.05) is 5.73 Å². The van der Waals surface area contributed by atoms with Crippen molar-refractivity contribution in [3.8, 4) is 0 Å². The number of nitrogens with zero attached hydrogens (tertiary/aromatic N) is 1. The summed E-state index contributed by atoms with van der Waals surface area (Å²) in [4.78, 5) is 19.1. The van der Waals surface area contributed by atoms with E-state index in [4.69, 9.17) is 10.7 Å². The van der Waals surface area contributed by atoms with E-state index >= 15 is 0 Å². The first-order valence-electron chi connectivity index (χ1n) is 9.63. The van der Waals surface area contributed by atoms with Crippen LogP contribution in [0.25, 0.3) is 10.2 Å². The Balaban J connectivity index is 1.62. The number of aromatic nitrogens is 1. The Morgan fingerprint density at radius 2 is 2.15 bits per heavy atom. The molecule has 27 heavy (non-hydrogen) atoms. The number of thiophene rings is 1. The molecular formula is C22H25N3OS. The number of nitrogens with one attached hydrogen (secondary N) is 1. The van der Waals surface area contributed by atoms with Gasteiger partial charge < -0.3 is 11.1 Å². The van der Waals surface area contributed by atoms with Crippen LogP contribution in [0.15, 0.2) is 36.4 Å². The fourth-order valence-corrected chi connectivity index (χ4v) is 4.87. The summed E-state index contributed by atoms with van der Waals surface area (Å²) < 4.78 is 0. The molecule has 1 aromatic carbocycles. The number of pyridine rings is 1. The Morgan fingerprint density at radius 3 is 2.89 bits per heavy atom. The minimum Gasteiger partial charge on any atom is -0.397 e. The third-order valence-corrected chi connectivity index (χ3v) is 6.73. The van der Waals surface area contributed by atoms with Crippen LogP contribution in [0.3, 0.4) is 0 Å². The summed E-state index contributed by atoms with van der Waals surface area (Å²) in [6.07, 6.45) is 4.48. The molecule has 0 spiro atoms. The van der Waals surface area contributed by atoms with Crippen LogP contribution in [-0.4, -0.2) is 10.9 Å². The van der Waals surface area contributed by atoms with Crippen molar-refractivity contribution in [1.82, 2.24) is 10.3 Å². The van der Waals surface area contributed by atoms with Gasteiger partial charge in [0.05, 0.1) is 11.7 Å². The Hall–Kier alpha value is -2.40. The molecule has 2 atom stereocenters. The molecule has 0 aliphatic heterocycles. The first-order valence-corrected chi connectivity index (χ1v) is 10.4. The van der Waals surface area contributed by atoms with Crippen LogP contribution in [0, 0.1) is 5.92 Å². The molecule has 0 unspecified atom stereocenters. The highest BCUT2D eigenvalue weighted by Crippen LogP contribution is 2.37. The second-order valence-corrected chi connectivity index (χ2v) is 8.41. The number of hydrogen-bond donors (Lipinski definition) is 2. The monoisotopic (exact) mass is 379 g/mol. The van der Waals surface area contributed by atoms with Gasteiger partial charge >= 0.3 is 0 Å². The molecule has 1 aliphatic rings. The van der Waals surface area contributed by atoms with Gasteiger partial charge in [-0.1, -0.05) is 43.7 Å². The molecule has 4 nitrogen and oxygen atoms in total. The largest absolute Gasteiger partial charge is 0.397 e. The highest BCUT2D eigenvalue weighted by atomic mass is 32.1. The molecule has 1 aliphatic carbocycles. The first kappa shape index (κ1) is 18.0. The summed E-state index contributed by atoms with van der Waals surface area (Å²) >= 11 is 1.40. The standard InChI is InChI=1S/C22H25N3OS/c1-3-14-9-10-18-16(11-14)12-17-19(23)20(27-22(17)25-18)21(26)24-13(2)15-7-5-4-6-8-15/h4-8,12-14H,3,9-11,23H2,1-2H3,(H,24,26)/t13-,14-/m1/s1. The van der Waals surface area contributed by atoms with Crippen LogP contribution >= 0.6 is 11.3 Å². The molecule has 0 bridgehead atoms. The van der Waals surface area contributed by atoms with Crippen LogP contribution in [0.5, 0.6) is 0 Å². The summed E-state index contributed by atoms with van der Waals surface area (Å²) in [5.41, 5.74) is 10.5. The van der Waals surface area contributed by atoms with Crippen molar-refractivity contribution in [2.45, 2.75) is 45.6 Å². The van der Waals surface area contributed by atoms with Crippen LogP contribution in [0.4, 0.5) is 5.69 Å². The minimum atomic E-state index is -0.128. The Morgan fingerprint density at radius 1 is 1.37 bits per heavy atom. The minimum absolute atomic E-state index is 0.0743. The number of carbonyl (C=O) groups excluding carboxylic acids is 1. The molecule has 0 saturated carbocycles. The normalized spacial score (nSPS) is 17.5. The van der Waals surface area contributed by atoms with Crippen molar-refractivity contribution < 1.29 is 4.79 Å². The van der Waals surface area contributed by atoms with Gasteiger partial charge in [0.1, 0.15) is 9.71 Å². The smallest absolute Gasteiger partial charge is 0.264 e. The Bertz CT molecular complexity index is 980. The molecule has 5 heteroatoms. The second kappa shape index (κ2) is 7.31. The van der Waals surface area contributed by atoms with E-state index in [0.717, 1.165) is 34.5 Å². The molecule has 3 N–H and O–H groups in total. The molecule has 0 radical (unpaired) electrons. The van der Waals surface area contributed by atoms with E-state index in [1.54, 1.807) is 0 Å². The number of anilines is 1. The molecule has 140 valence electrons. The van der Waals surface area contributed by atoms with Gasteiger partial charge in [0.2, 0.25) is 0 Å². The van der Waals surface area contributed by atoms with Gasteiger partial charge in [-0.15, -0.1) is 11.3 Å². The number of carbonyl (C=O) groups is 1.